The van der Waals surface area contributed by atoms with Gasteiger partial charge in [-0.3, -0.25) is 4.57 Å². The summed E-state index contributed by atoms with van der Waals surface area (Å²) in [7, 11) is 5.98. The van der Waals surface area contributed by atoms with E-state index in [-0.39, 0.29) is 0 Å². The van der Waals surface area contributed by atoms with Crippen molar-refractivity contribution in [1.82, 2.24) is 9.55 Å². The van der Waals surface area contributed by atoms with Gasteiger partial charge in [0.05, 0.1) is 18.0 Å². The Morgan fingerprint density at radius 1 is 1.11 bits per heavy atom. The van der Waals surface area contributed by atoms with Gasteiger partial charge in [0, 0.05) is 0 Å². The van der Waals surface area contributed by atoms with Gasteiger partial charge in [0.15, 0.2) is 12.4 Å². The highest BCUT2D eigenvalue weighted by Crippen LogP contribution is 2.25. The molecule has 5 heteroatoms. The van der Waals surface area contributed by atoms with Crippen molar-refractivity contribution in [3.63, 3.8) is 0 Å². The molecule has 1 aliphatic rings. The third-order valence-electron chi connectivity index (χ3n) is 3.45. The number of rotatable bonds is 1. The molecule has 0 aliphatic carbocycles. The molecule has 0 saturated heterocycles. The lowest BCUT2D eigenvalue weighted by Gasteiger charge is -2.00. The normalized spacial score (nSPS) is 12.2. The van der Waals surface area contributed by atoms with Crippen LogP contribution < -0.4 is 9.05 Å². The lowest BCUT2D eigenvalue weighted by atomic mass is 10.2. The summed E-state index contributed by atoms with van der Waals surface area (Å²) in [5, 5.41) is 0. The summed E-state index contributed by atoms with van der Waals surface area (Å²) in [6.45, 7) is 0.743. The van der Waals surface area contributed by atoms with Crippen LogP contribution in [0.15, 0.2) is 55.0 Å². The number of hydrogen-bond donors (Lipinski definition) is 0. The topological polar surface area (TPSA) is 25.6 Å². The van der Waals surface area contributed by atoms with Gasteiger partial charge in [-0.05, 0) is 5.56 Å². The number of aromatic nitrogens is 4. The highest BCUT2D eigenvalue weighted by molar-refractivity contribution is 5.95. The van der Waals surface area contributed by atoms with Crippen LogP contribution in [0.2, 0.25) is 0 Å². The fourth-order valence-corrected chi connectivity index (χ4v) is 2.57. The monoisotopic (exact) mass is 246 g/mol. The number of hydrogen-bond acceptors (Lipinski definition) is 1. The third kappa shape index (κ3) is 1.44. The van der Waals surface area contributed by atoms with Crippen LogP contribution in [0.1, 0.15) is 0 Å². The molecule has 1 aromatic carbocycles. The van der Waals surface area contributed by atoms with E-state index in [4.69, 9.17) is 7.98 Å². The maximum atomic E-state index is 5.98. The van der Waals surface area contributed by atoms with E-state index in [0.29, 0.717) is 0 Å². The first-order valence-electron chi connectivity index (χ1n) is 6.15. The molecular formula is C14H11BN4+2. The minimum Gasteiger partial charge on any atom is -0.256 e. The molecular weight excluding hydrogens is 235 g/mol. The first-order chi connectivity index (χ1) is 9.34. The van der Waals surface area contributed by atoms with Gasteiger partial charge >= 0.3 is 13.8 Å². The van der Waals surface area contributed by atoms with Gasteiger partial charge in [-0.25, -0.2) is 9.46 Å². The Balaban J connectivity index is 1.93. The van der Waals surface area contributed by atoms with E-state index in [9.17, 15) is 0 Å². The molecule has 3 heterocycles. The lowest BCUT2D eigenvalue weighted by molar-refractivity contribution is -0.747. The summed E-state index contributed by atoms with van der Waals surface area (Å²) in [4.78, 5) is 4.52. The van der Waals surface area contributed by atoms with Crippen LogP contribution >= 0.6 is 0 Å². The Morgan fingerprint density at radius 2 is 1.95 bits per heavy atom. The Kier molecular flexibility index (Phi) is 2.09. The Hall–Kier alpha value is -2.43. The first-order valence-corrected chi connectivity index (χ1v) is 6.15. The van der Waals surface area contributed by atoms with Gasteiger partial charge < -0.3 is 0 Å². The summed E-state index contributed by atoms with van der Waals surface area (Å²) in [6.07, 6.45) is 5.75. The molecule has 0 saturated carbocycles. The zero-order valence-electron chi connectivity index (χ0n) is 10.3. The zero-order valence-corrected chi connectivity index (χ0v) is 10.3. The smallest absolute Gasteiger partial charge is 0.256 e. The fourth-order valence-electron chi connectivity index (χ4n) is 2.57. The molecule has 0 bridgehead atoms. The Morgan fingerprint density at radius 3 is 2.79 bits per heavy atom. The molecule has 0 fully saturated rings. The summed E-state index contributed by atoms with van der Waals surface area (Å²) in [5.74, 6) is 1.83. The molecule has 19 heavy (non-hydrogen) atoms. The van der Waals surface area contributed by atoms with Crippen molar-refractivity contribution in [2.45, 2.75) is 6.67 Å². The van der Waals surface area contributed by atoms with E-state index in [2.05, 4.69) is 26.3 Å². The molecule has 2 aromatic heterocycles. The predicted molar refractivity (Wildman–Crippen MR) is 70.0 cm³/mol. The first kappa shape index (κ1) is 10.5. The Labute approximate surface area is 112 Å². The van der Waals surface area contributed by atoms with E-state index in [1.54, 1.807) is 4.48 Å². The molecule has 0 spiro atoms. The van der Waals surface area contributed by atoms with Crippen LogP contribution in [0.5, 0.6) is 0 Å². The van der Waals surface area contributed by atoms with E-state index in [1.807, 2.05) is 42.9 Å². The van der Waals surface area contributed by atoms with Crippen molar-refractivity contribution in [1.29, 1.82) is 0 Å². The summed E-state index contributed by atoms with van der Waals surface area (Å²) >= 11 is 0. The molecule has 3 aromatic rings. The molecule has 0 unspecified atom stereocenters. The highest BCUT2D eigenvalue weighted by Gasteiger charge is 2.37. The molecule has 0 N–H and O–H groups in total. The van der Waals surface area contributed by atoms with Gasteiger partial charge in [0.25, 0.3) is 5.82 Å². The summed E-state index contributed by atoms with van der Waals surface area (Å²) in [6, 6.07) is 12.2. The predicted octanol–water partition coefficient (Wildman–Crippen LogP) is 0.543. The number of fused-ring (bicyclic) bond motifs is 3. The maximum Gasteiger partial charge on any atom is 0.592 e. The third-order valence-corrected chi connectivity index (χ3v) is 3.45. The van der Waals surface area contributed by atoms with Gasteiger partial charge in [0.2, 0.25) is 6.67 Å². The van der Waals surface area contributed by atoms with Crippen molar-refractivity contribution in [2.24, 2.45) is 0 Å². The minimum atomic E-state index is 0.743. The van der Waals surface area contributed by atoms with E-state index in [1.165, 1.54) is 5.56 Å². The van der Waals surface area contributed by atoms with Crippen molar-refractivity contribution in [2.75, 3.05) is 0 Å². The van der Waals surface area contributed by atoms with E-state index in [0.717, 1.165) is 24.0 Å². The minimum absolute atomic E-state index is 0.743. The molecule has 0 amide bonds. The number of benzene rings is 1. The SMILES string of the molecule is [B][n+]1ccc[n+]2c1-c1ncc(-c3ccccc3)n1C2. The van der Waals surface area contributed by atoms with Crippen molar-refractivity contribution in [3.8, 4) is 22.9 Å². The van der Waals surface area contributed by atoms with Crippen molar-refractivity contribution in [3.05, 3.63) is 55.0 Å². The Bertz CT molecular complexity index is 764. The molecule has 4 nitrogen and oxygen atoms in total. The van der Waals surface area contributed by atoms with Crippen LogP contribution in [-0.2, 0) is 6.67 Å². The van der Waals surface area contributed by atoms with Gasteiger partial charge in [0.1, 0.15) is 0 Å². The van der Waals surface area contributed by atoms with E-state index >= 15 is 0 Å². The second-order valence-corrected chi connectivity index (χ2v) is 4.59. The van der Waals surface area contributed by atoms with Gasteiger partial charge in [-0.15, -0.1) is 4.57 Å². The second kappa shape index (κ2) is 3.78. The zero-order chi connectivity index (χ0) is 12.8. The van der Waals surface area contributed by atoms with Crippen LogP contribution in [0.25, 0.3) is 22.9 Å². The second-order valence-electron chi connectivity index (χ2n) is 4.59. The molecule has 0 atom stereocenters. The maximum absolute atomic E-state index is 5.98. The quantitative estimate of drug-likeness (QED) is 0.355. The van der Waals surface area contributed by atoms with Crippen LogP contribution in [0.3, 0.4) is 0 Å². The summed E-state index contributed by atoms with van der Waals surface area (Å²) < 4.78 is 5.88. The van der Waals surface area contributed by atoms with Crippen LogP contribution in [0, 0.1) is 0 Å². The molecule has 4 rings (SSSR count). The fraction of sp³-hybridized carbons (Fsp3) is 0.0714. The van der Waals surface area contributed by atoms with Crippen molar-refractivity contribution < 1.29 is 9.05 Å². The molecule has 88 valence electrons. The van der Waals surface area contributed by atoms with Gasteiger partial charge in [-0.1, -0.05) is 30.3 Å². The average molecular weight is 246 g/mol. The molecule has 2 radical (unpaired) electrons. The van der Waals surface area contributed by atoms with Gasteiger partial charge in [-0.2, -0.15) is 0 Å². The average Bonchev–Trinajstić information content (AvgIpc) is 2.98. The lowest BCUT2D eigenvalue weighted by Crippen LogP contribution is -2.47. The largest absolute Gasteiger partial charge is 0.592 e. The highest BCUT2D eigenvalue weighted by atomic mass is 15.3. The number of nitrogens with zero attached hydrogens (tertiary/aromatic N) is 4. The van der Waals surface area contributed by atoms with E-state index < -0.39 is 0 Å². The number of imidazole rings is 1. The van der Waals surface area contributed by atoms with Crippen molar-refractivity contribution >= 4 is 7.98 Å². The molecule has 1 aliphatic heterocycles. The van der Waals surface area contributed by atoms with Crippen LogP contribution in [0.4, 0.5) is 0 Å². The summed E-state index contributed by atoms with van der Waals surface area (Å²) in [5.41, 5.74) is 2.28. The van der Waals surface area contributed by atoms with Crippen LogP contribution in [-0.4, -0.2) is 17.5 Å². The standard InChI is InChI=1S/C14H11BN4/c15-19-8-4-7-17-10-18-12(9-16-13(18)14(17)19)11-5-2-1-3-6-11/h1-9H,10H2/q+2.